The molecule has 0 aliphatic rings. The Balaban J connectivity index is 2.41. The van der Waals surface area contributed by atoms with Crippen LogP contribution in [0, 0.1) is 12.7 Å². The first-order valence-corrected chi connectivity index (χ1v) is 7.16. The molecule has 0 amide bonds. The Kier molecular flexibility index (Phi) is 3.73. The SMILES string of the molecule is Cc1cc(F)ccc1S(=O)(=O)Nc1ncccc1Cl. The van der Waals surface area contributed by atoms with Crippen molar-refractivity contribution in [2.24, 2.45) is 0 Å². The largest absolute Gasteiger partial charge is 0.263 e. The van der Waals surface area contributed by atoms with Gasteiger partial charge in [-0.2, -0.15) is 0 Å². The monoisotopic (exact) mass is 300 g/mol. The van der Waals surface area contributed by atoms with Crippen LogP contribution >= 0.6 is 11.6 Å². The molecule has 0 bridgehead atoms. The minimum Gasteiger partial charge on any atom is -0.262 e. The van der Waals surface area contributed by atoms with Crippen LogP contribution in [0.1, 0.15) is 5.56 Å². The normalized spacial score (nSPS) is 11.3. The van der Waals surface area contributed by atoms with Crippen LogP contribution < -0.4 is 4.72 Å². The molecule has 0 saturated heterocycles. The number of sulfonamides is 1. The van der Waals surface area contributed by atoms with Gasteiger partial charge in [0.2, 0.25) is 0 Å². The fraction of sp³-hybridized carbons (Fsp3) is 0.0833. The predicted molar refractivity (Wildman–Crippen MR) is 71.2 cm³/mol. The van der Waals surface area contributed by atoms with Gasteiger partial charge in [-0.25, -0.2) is 17.8 Å². The maximum atomic E-state index is 13.0. The van der Waals surface area contributed by atoms with E-state index in [1.54, 1.807) is 6.07 Å². The van der Waals surface area contributed by atoms with Crippen molar-refractivity contribution < 1.29 is 12.8 Å². The number of nitrogens with one attached hydrogen (secondary N) is 1. The number of aromatic nitrogens is 1. The highest BCUT2D eigenvalue weighted by molar-refractivity contribution is 7.92. The summed E-state index contributed by atoms with van der Waals surface area (Å²) in [7, 11) is -3.85. The number of anilines is 1. The van der Waals surface area contributed by atoms with E-state index in [4.69, 9.17) is 11.6 Å². The molecule has 7 heteroatoms. The van der Waals surface area contributed by atoms with Gasteiger partial charge < -0.3 is 0 Å². The Morgan fingerprint density at radius 3 is 2.68 bits per heavy atom. The molecule has 0 spiro atoms. The molecule has 0 unspecified atom stereocenters. The van der Waals surface area contributed by atoms with Crippen molar-refractivity contribution in [2.45, 2.75) is 11.8 Å². The molecule has 0 radical (unpaired) electrons. The van der Waals surface area contributed by atoms with Gasteiger partial charge in [0.05, 0.1) is 9.92 Å². The third kappa shape index (κ3) is 3.02. The molecule has 4 nitrogen and oxygen atoms in total. The van der Waals surface area contributed by atoms with Gasteiger partial charge in [0, 0.05) is 6.20 Å². The summed E-state index contributed by atoms with van der Waals surface area (Å²) < 4.78 is 39.6. The first-order valence-electron chi connectivity index (χ1n) is 5.29. The van der Waals surface area contributed by atoms with Crippen molar-refractivity contribution in [3.63, 3.8) is 0 Å². The van der Waals surface area contributed by atoms with E-state index in [1.807, 2.05) is 0 Å². The third-order valence-electron chi connectivity index (χ3n) is 2.42. The summed E-state index contributed by atoms with van der Waals surface area (Å²) in [5.41, 5.74) is 0.305. The van der Waals surface area contributed by atoms with E-state index in [2.05, 4.69) is 9.71 Å². The number of halogens is 2. The second-order valence-corrected chi connectivity index (χ2v) is 5.91. The van der Waals surface area contributed by atoms with E-state index in [-0.39, 0.29) is 15.7 Å². The second-order valence-electron chi connectivity index (χ2n) is 3.85. The van der Waals surface area contributed by atoms with E-state index in [0.29, 0.717) is 5.56 Å². The van der Waals surface area contributed by atoms with Crippen molar-refractivity contribution in [3.8, 4) is 0 Å². The zero-order valence-corrected chi connectivity index (χ0v) is 11.5. The average molecular weight is 301 g/mol. The molecule has 1 aromatic heterocycles. The lowest BCUT2D eigenvalue weighted by Crippen LogP contribution is -2.15. The Labute approximate surface area is 115 Å². The van der Waals surface area contributed by atoms with E-state index in [1.165, 1.54) is 25.3 Å². The lowest BCUT2D eigenvalue weighted by Gasteiger charge is -2.10. The fourth-order valence-corrected chi connectivity index (χ4v) is 3.04. The molecule has 1 heterocycles. The fourth-order valence-electron chi connectivity index (χ4n) is 1.56. The van der Waals surface area contributed by atoms with Crippen molar-refractivity contribution in [1.82, 2.24) is 4.98 Å². The molecule has 0 saturated carbocycles. The summed E-state index contributed by atoms with van der Waals surface area (Å²) in [5, 5.41) is 0.186. The minimum atomic E-state index is -3.85. The molecule has 0 atom stereocenters. The van der Waals surface area contributed by atoms with Crippen LogP contribution in [0.3, 0.4) is 0 Å². The van der Waals surface area contributed by atoms with Gasteiger partial charge in [0.1, 0.15) is 5.82 Å². The average Bonchev–Trinajstić information content (AvgIpc) is 2.31. The van der Waals surface area contributed by atoms with Crippen LogP contribution in [0.2, 0.25) is 5.02 Å². The van der Waals surface area contributed by atoms with Crippen molar-refractivity contribution in [2.75, 3.05) is 4.72 Å². The van der Waals surface area contributed by atoms with Crippen LogP contribution in [-0.4, -0.2) is 13.4 Å². The van der Waals surface area contributed by atoms with Crippen LogP contribution in [0.5, 0.6) is 0 Å². The van der Waals surface area contributed by atoms with Gasteiger partial charge in [-0.3, -0.25) is 4.72 Å². The molecule has 100 valence electrons. The summed E-state index contributed by atoms with van der Waals surface area (Å²) in [6.07, 6.45) is 1.42. The zero-order chi connectivity index (χ0) is 14.0. The minimum absolute atomic E-state index is 0.0179. The Bertz CT molecular complexity index is 719. The third-order valence-corrected chi connectivity index (χ3v) is 4.22. The van der Waals surface area contributed by atoms with Crippen molar-refractivity contribution >= 4 is 27.4 Å². The second kappa shape index (κ2) is 5.14. The van der Waals surface area contributed by atoms with Crippen molar-refractivity contribution in [1.29, 1.82) is 0 Å². The predicted octanol–water partition coefficient (Wildman–Crippen LogP) is 2.98. The van der Waals surface area contributed by atoms with Crippen LogP contribution in [0.15, 0.2) is 41.4 Å². The van der Waals surface area contributed by atoms with E-state index in [0.717, 1.165) is 12.1 Å². The molecular weight excluding hydrogens is 291 g/mol. The van der Waals surface area contributed by atoms with Gasteiger partial charge in [-0.15, -0.1) is 0 Å². The molecule has 1 N–H and O–H groups in total. The first kappa shape index (κ1) is 13.8. The van der Waals surface area contributed by atoms with Crippen LogP contribution in [0.25, 0.3) is 0 Å². The molecule has 19 heavy (non-hydrogen) atoms. The van der Waals surface area contributed by atoms with Crippen molar-refractivity contribution in [3.05, 3.63) is 52.9 Å². The van der Waals surface area contributed by atoms with Gasteiger partial charge in [-0.1, -0.05) is 11.6 Å². The highest BCUT2D eigenvalue weighted by Crippen LogP contribution is 2.23. The lowest BCUT2D eigenvalue weighted by atomic mass is 10.2. The van der Waals surface area contributed by atoms with Gasteiger partial charge in [0.15, 0.2) is 5.82 Å². The number of hydrogen-bond donors (Lipinski definition) is 1. The zero-order valence-electron chi connectivity index (χ0n) is 9.89. The lowest BCUT2D eigenvalue weighted by molar-refractivity contribution is 0.598. The Morgan fingerprint density at radius 2 is 2.05 bits per heavy atom. The number of benzene rings is 1. The molecule has 1 aromatic carbocycles. The summed E-state index contributed by atoms with van der Waals surface area (Å²) in [4.78, 5) is 3.82. The molecule has 2 aromatic rings. The Morgan fingerprint density at radius 1 is 1.32 bits per heavy atom. The standard InChI is InChI=1S/C12H10ClFN2O2S/c1-8-7-9(14)4-5-11(8)19(17,18)16-12-10(13)3-2-6-15-12/h2-7H,1H3,(H,15,16). The summed E-state index contributed by atoms with van der Waals surface area (Å²) in [5.74, 6) is -0.458. The first-order chi connectivity index (χ1) is 8.90. The summed E-state index contributed by atoms with van der Waals surface area (Å²) in [6, 6.07) is 6.53. The van der Waals surface area contributed by atoms with E-state index in [9.17, 15) is 12.8 Å². The smallest absolute Gasteiger partial charge is 0.262 e. The topological polar surface area (TPSA) is 59.1 Å². The summed E-state index contributed by atoms with van der Waals surface area (Å²) >= 11 is 5.83. The quantitative estimate of drug-likeness (QED) is 0.948. The number of hydrogen-bond acceptors (Lipinski definition) is 3. The maximum Gasteiger partial charge on any atom is 0.263 e. The van der Waals surface area contributed by atoms with Crippen LogP contribution in [-0.2, 0) is 10.0 Å². The molecular formula is C12H10ClFN2O2S. The van der Waals surface area contributed by atoms with Crippen LogP contribution in [0.4, 0.5) is 10.2 Å². The highest BCUT2D eigenvalue weighted by atomic mass is 35.5. The molecule has 0 aliphatic carbocycles. The summed E-state index contributed by atoms with van der Waals surface area (Å²) in [6.45, 7) is 1.51. The van der Waals surface area contributed by atoms with E-state index < -0.39 is 15.8 Å². The number of nitrogens with zero attached hydrogens (tertiary/aromatic N) is 1. The Hall–Kier alpha value is -1.66. The maximum absolute atomic E-state index is 13.0. The molecule has 2 rings (SSSR count). The van der Waals surface area contributed by atoms with Gasteiger partial charge >= 0.3 is 0 Å². The molecule has 0 fully saturated rings. The molecule has 0 aliphatic heterocycles. The number of aryl methyl sites for hydroxylation is 1. The number of pyridine rings is 1. The highest BCUT2D eigenvalue weighted by Gasteiger charge is 2.18. The van der Waals surface area contributed by atoms with E-state index >= 15 is 0 Å². The number of rotatable bonds is 3. The van der Waals surface area contributed by atoms with Gasteiger partial charge in [-0.05, 0) is 42.8 Å². The van der Waals surface area contributed by atoms with Gasteiger partial charge in [0.25, 0.3) is 10.0 Å².